The van der Waals surface area contributed by atoms with Crippen molar-refractivity contribution in [2.45, 2.75) is 24.2 Å². The van der Waals surface area contributed by atoms with Crippen molar-refractivity contribution in [3.63, 3.8) is 0 Å². The summed E-state index contributed by atoms with van der Waals surface area (Å²) >= 11 is 10.8. The smallest absolute Gasteiger partial charge is 0.240 e. The first-order valence-corrected chi connectivity index (χ1v) is 8.26. The lowest BCUT2D eigenvalue weighted by Gasteiger charge is -2.25. The van der Waals surface area contributed by atoms with E-state index in [4.69, 9.17) is 29.6 Å². The first kappa shape index (κ1) is 14.7. The van der Waals surface area contributed by atoms with Crippen LogP contribution in [0.3, 0.4) is 0 Å². The van der Waals surface area contributed by atoms with E-state index in [2.05, 4.69) is 4.72 Å². The number of thiocarbonyl (C=S) groups is 1. The van der Waals surface area contributed by atoms with E-state index in [0.717, 1.165) is 12.8 Å². The van der Waals surface area contributed by atoms with Crippen molar-refractivity contribution in [1.29, 1.82) is 0 Å². The molecule has 0 saturated heterocycles. The van der Waals surface area contributed by atoms with Crippen molar-refractivity contribution in [2.24, 2.45) is 11.7 Å². The molecule has 0 aliphatic heterocycles. The Morgan fingerprint density at radius 1 is 1.47 bits per heavy atom. The molecule has 1 aliphatic carbocycles. The minimum atomic E-state index is -3.52. The standard InChI is InChI=1S/C12H15ClN2O2S2/c13-11-6-9(4-5-10(11)12(14)18)19(16,17)15-7-8-2-1-3-8/h4-6,8,15H,1-3,7H2,(H2,14,18). The van der Waals surface area contributed by atoms with Gasteiger partial charge in [0.15, 0.2) is 0 Å². The van der Waals surface area contributed by atoms with Crippen LogP contribution in [0.5, 0.6) is 0 Å². The van der Waals surface area contributed by atoms with Crippen LogP contribution in [0.2, 0.25) is 5.02 Å². The van der Waals surface area contributed by atoms with Crippen LogP contribution in [-0.2, 0) is 10.0 Å². The van der Waals surface area contributed by atoms with Crippen molar-refractivity contribution in [3.05, 3.63) is 28.8 Å². The van der Waals surface area contributed by atoms with Gasteiger partial charge in [-0.3, -0.25) is 0 Å². The predicted molar refractivity (Wildman–Crippen MR) is 79.9 cm³/mol. The Morgan fingerprint density at radius 2 is 2.16 bits per heavy atom. The molecular weight excluding hydrogens is 304 g/mol. The van der Waals surface area contributed by atoms with Gasteiger partial charge in [-0.2, -0.15) is 0 Å². The number of nitrogens with one attached hydrogen (secondary N) is 1. The van der Waals surface area contributed by atoms with Gasteiger partial charge in [-0.1, -0.05) is 30.2 Å². The molecule has 4 nitrogen and oxygen atoms in total. The van der Waals surface area contributed by atoms with E-state index in [1.807, 2.05) is 0 Å². The Bertz CT molecular complexity index is 598. The molecule has 2 rings (SSSR count). The summed E-state index contributed by atoms with van der Waals surface area (Å²) in [6.07, 6.45) is 3.36. The van der Waals surface area contributed by atoms with Crippen LogP contribution in [0.1, 0.15) is 24.8 Å². The largest absolute Gasteiger partial charge is 0.389 e. The summed E-state index contributed by atoms with van der Waals surface area (Å²) in [5.74, 6) is 0.459. The van der Waals surface area contributed by atoms with Gasteiger partial charge < -0.3 is 5.73 Å². The number of hydrogen-bond donors (Lipinski definition) is 2. The van der Waals surface area contributed by atoms with Gasteiger partial charge in [0.2, 0.25) is 10.0 Å². The topological polar surface area (TPSA) is 72.2 Å². The maximum absolute atomic E-state index is 12.1. The van der Waals surface area contributed by atoms with Crippen LogP contribution < -0.4 is 10.5 Å². The van der Waals surface area contributed by atoms with E-state index in [9.17, 15) is 8.42 Å². The second kappa shape index (κ2) is 5.75. The van der Waals surface area contributed by atoms with Gasteiger partial charge in [-0.25, -0.2) is 13.1 Å². The Kier molecular flexibility index (Phi) is 4.45. The number of rotatable bonds is 5. The zero-order valence-corrected chi connectivity index (χ0v) is 12.6. The summed E-state index contributed by atoms with van der Waals surface area (Å²) in [6.45, 7) is 0.483. The molecule has 7 heteroatoms. The molecular formula is C12H15ClN2O2S2. The highest BCUT2D eigenvalue weighted by atomic mass is 35.5. The van der Waals surface area contributed by atoms with Crippen molar-refractivity contribution < 1.29 is 8.42 Å². The Labute approximate surface area is 123 Å². The highest BCUT2D eigenvalue weighted by Crippen LogP contribution is 2.26. The fraction of sp³-hybridized carbons (Fsp3) is 0.417. The number of benzene rings is 1. The van der Waals surface area contributed by atoms with Crippen LogP contribution in [0.25, 0.3) is 0 Å². The first-order valence-electron chi connectivity index (χ1n) is 5.99. The summed E-state index contributed by atoms with van der Waals surface area (Å²) in [5, 5.41) is 0.249. The maximum atomic E-state index is 12.1. The highest BCUT2D eigenvalue weighted by molar-refractivity contribution is 7.89. The van der Waals surface area contributed by atoms with Crippen LogP contribution in [-0.4, -0.2) is 20.0 Å². The first-order chi connectivity index (χ1) is 8.90. The molecule has 0 atom stereocenters. The second-order valence-electron chi connectivity index (χ2n) is 4.65. The zero-order valence-electron chi connectivity index (χ0n) is 10.2. The molecule has 0 aromatic heterocycles. The van der Waals surface area contributed by atoms with Crippen molar-refractivity contribution >= 4 is 38.8 Å². The molecule has 0 bridgehead atoms. The van der Waals surface area contributed by atoms with Gasteiger partial charge in [-0.05, 0) is 37.0 Å². The molecule has 0 amide bonds. The van der Waals surface area contributed by atoms with Crippen molar-refractivity contribution in [1.82, 2.24) is 4.72 Å². The third-order valence-corrected chi connectivity index (χ3v) is 5.26. The number of sulfonamides is 1. The van der Waals surface area contributed by atoms with Crippen molar-refractivity contribution in [3.8, 4) is 0 Å². The summed E-state index contributed by atoms with van der Waals surface area (Å²) in [5.41, 5.74) is 5.96. The number of hydrogen-bond acceptors (Lipinski definition) is 3. The lowest BCUT2D eigenvalue weighted by atomic mass is 9.86. The molecule has 1 aromatic carbocycles. The molecule has 1 fully saturated rings. The molecule has 0 unspecified atom stereocenters. The quantitative estimate of drug-likeness (QED) is 0.815. The van der Waals surface area contributed by atoms with Gasteiger partial charge >= 0.3 is 0 Å². The van der Waals surface area contributed by atoms with E-state index in [1.165, 1.54) is 24.6 Å². The van der Waals surface area contributed by atoms with Gasteiger partial charge in [0.25, 0.3) is 0 Å². The molecule has 104 valence electrons. The van der Waals surface area contributed by atoms with E-state index >= 15 is 0 Å². The summed E-state index contributed by atoms with van der Waals surface area (Å²) in [6, 6.07) is 4.37. The highest BCUT2D eigenvalue weighted by Gasteiger charge is 2.21. The van der Waals surface area contributed by atoms with Crippen LogP contribution in [0.4, 0.5) is 0 Å². The molecule has 1 aliphatic rings. The molecule has 0 spiro atoms. The van der Waals surface area contributed by atoms with Crippen LogP contribution in [0.15, 0.2) is 23.1 Å². The van der Waals surface area contributed by atoms with E-state index in [-0.39, 0.29) is 14.9 Å². The Hall–Kier alpha value is -0.690. The van der Waals surface area contributed by atoms with Crippen LogP contribution in [0, 0.1) is 5.92 Å². The minimum Gasteiger partial charge on any atom is -0.389 e. The molecule has 3 N–H and O–H groups in total. The van der Waals surface area contributed by atoms with Crippen molar-refractivity contribution in [2.75, 3.05) is 6.54 Å². The normalized spacial score (nSPS) is 16.1. The molecule has 1 aromatic rings. The fourth-order valence-corrected chi connectivity index (χ4v) is 3.59. The molecule has 1 saturated carbocycles. The SMILES string of the molecule is NC(=S)c1ccc(S(=O)(=O)NCC2CCC2)cc1Cl. The van der Waals surface area contributed by atoms with Gasteiger partial charge in [0, 0.05) is 12.1 Å². The lowest BCUT2D eigenvalue weighted by Crippen LogP contribution is -2.32. The second-order valence-corrected chi connectivity index (χ2v) is 7.27. The van der Waals surface area contributed by atoms with Gasteiger partial charge in [-0.15, -0.1) is 0 Å². The van der Waals surface area contributed by atoms with E-state index < -0.39 is 10.0 Å². The fourth-order valence-electron chi connectivity index (χ4n) is 1.87. The maximum Gasteiger partial charge on any atom is 0.240 e. The minimum absolute atomic E-state index is 0.136. The lowest BCUT2D eigenvalue weighted by molar-refractivity contribution is 0.316. The van der Waals surface area contributed by atoms with Gasteiger partial charge in [0.05, 0.1) is 9.92 Å². The molecule has 19 heavy (non-hydrogen) atoms. The number of nitrogens with two attached hydrogens (primary N) is 1. The molecule has 0 radical (unpaired) electrons. The van der Waals surface area contributed by atoms with Gasteiger partial charge in [0.1, 0.15) is 4.99 Å². The molecule has 0 heterocycles. The summed E-state index contributed by atoms with van der Waals surface area (Å²) in [4.78, 5) is 0.285. The third kappa shape index (κ3) is 3.45. The zero-order chi connectivity index (χ0) is 14.0. The van der Waals surface area contributed by atoms with E-state index in [1.54, 1.807) is 0 Å². The third-order valence-electron chi connectivity index (χ3n) is 3.30. The van der Waals surface area contributed by atoms with E-state index in [0.29, 0.717) is 18.0 Å². The average molecular weight is 319 g/mol. The Morgan fingerprint density at radius 3 is 2.63 bits per heavy atom. The Balaban J connectivity index is 2.15. The summed E-state index contributed by atoms with van der Waals surface area (Å²) < 4.78 is 26.8. The predicted octanol–water partition coefficient (Wildman–Crippen LogP) is 2.05. The summed E-state index contributed by atoms with van der Waals surface area (Å²) in [7, 11) is -3.52. The average Bonchev–Trinajstić information content (AvgIpc) is 2.26. The van der Waals surface area contributed by atoms with Crippen LogP contribution >= 0.6 is 23.8 Å². The monoisotopic (exact) mass is 318 g/mol. The number of halogens is 1.